The number of carbonyl (C=O) groups is 2. The van der Waals surface area contributed by atoms with Gasteiger partial charge in [0, 0.05) is 31.7 Å². The summed E-state index contributed by atoms with van der Waals surface area (Å²) in [6.07, 6.45) is 0. The molecule has 2 aromatic carbocycles. The van der Waals surface area contributed by atoms with Crippen LogP contribution in [0.2, 0.25) is 0 Å². The van der Waals surface area contributed by atoms with Crippen molar-refractivity contribution in [2.24, 2.45) is 0 Å². The second-order valence-corrected chi connectivity index (χ2v) is 6.47. The fraction of sp³-hybridized carbons (Fsp3) is 0.300. The normalized spacial score (nSPS) is 10.5. The van der Waals surface area contributed by atoms with Gasteiger partial charge in [0.15, 0.2) is 0 Å². The second-order valence-electron chi connectivity index (χ2n) is 6.47. The van der Waals surface area contributed by atoms with Gasteiger partial charge in [0.25, 0.3) is 5.91 Å². The third kappa shape index (κ3) is 5.88. The first-order valence-corrected chi connectivity index (χ1v) is 8.48. The number of carbonyl (C=O) groups excluding carboxylic acids is 2. The van der Waals surface area contributed by atoms with Crippen molar-refractivity contribution >= 4 is 11.9 Å². The maximum atomic E-state index is 13.2. The topological polar surface area (TPSA) is 61.4 Å². The van der Waals surface area contributed by atoms with E-state index < -0.39 is 0 Å². The number of rotatable bonds is 6. The van der Waals surface area contributed by atoms with E-state index in [1.807, 2.05) is 13.8 Å². The van der Waals surface area contributed by atoms with Crippen LogP contribution in [-0.2, 0) is 13.1 Å². The summed E-state index contributed by atoms with van der Waals surface area (Å²) in [6, 6.07) is 13.1. The van der Waals surface area contributed by atoms with Gasteiger partial charge < -0.3 is 15.5 Å². The number of amides is 3. The van der Waals surface area contributed by atoms with Crippen molar-refractivity contribution in [3.8, 4) is 0 Å². The molecule has 0 fully saturated rings. The first kappa shape index (κ1) is 19.4. The van der Waals surface area contributed by atoms with E-state index in [2.05, 4.69) is 10.6 Å². The number of hydrogen-bond acceptors (Lipinski definition) is 2. The van der Waals surface area contributed by atoms with Crippen molar-refractivity contribution in [3.63, 3.8) is 0 Å². The lowest BCUT2D eigenvalue weighted by atomic mass is 10.1. The predicted molar refractivity (Wildman–Crippen MR) is 99.1 cm³/mol. The molecule has 0 radical (unpaired) electrons. The molecule has 0 atom stereocenters. The van der Waals surface area contributed by atoms with Crippen LogP contribution < -0.4 is 10.6 Å². The molecule has 0 spiro atoms. The summed E-state index contributed by atoms with van der Waals surface area (Å²) in [5, 5.41) is 5.51. The largest absolute Gasteiger partial charge is 0.337 e. The van der Waals surface area contributed by atoms with Crippen LogP contribution in [0.5, 0.6) is 0 Å². The molecule has 0 aromatic heterocycles. The molecule has 0 bridgehead atoms. The molecule has 26 heavy (non-hydrogen) atoms. The van der Waals surface area contributed by atoms with Crippen molar-refractivity contribution in [2.75, 3.05) is 7.05 Å². The van der Waals surface area contributed by atoms with Crippen LogP contribution in [0.1, 0.15) is 35.3 Å². The lowest BCUT2D eigenvalue weighted by Crippen LogP contribution is -2.39. The van der Waals surface area contributed by atoms with E-state index in [1.165, 1.54) is 17.0 Å². The van der Waals surface area contributed by atoms with E-state index in [9.17, 15) is 14.0 Å². The zero-order valence-corrected chi connectivity index (χ0v) is 15.3. The van der Waals surface area contributed by atoms with Gasteiger partial charge in [0.1, 0.15) is 5.82 Å². The van der Waals surface area contributed by atoms with Crippen molar-refractivity contribution in [1.29, 1.82) is 0 Å². The van der Waals surface area contributed by atoms with E-state index in [0.29, 0.717) is 18.7 Å². The molecule has 2 aromatic rings. The van der Waals surface area contributed by atoms with E-state index >= 15 is 0 Å². The molecule has 0 aliphatic heterocycles. The molecule has 2 rings (SSSR count). The first-order chi connectivity index (χ1) is 12.3. The summed E-state index contributed by atoms with van der Waals surface area (Å²) in [5.74, 6) is -0.465. The third-order valence-electron chi connectivity index (χ3n) is 3.73. The average Bonchev–Trinajstić information content (AvgIpc) is 2.59. The van der Waals surface area contributed by atoms with Crippen molar-refractivity contribution < 1.29 is 14.0 Å². The number of hydrogen-bond donors (Lipinski definition) is 2. The van der Waals surface area contributed by atoms with Gasteiger partial charge in [-0.3, -0.25) is 4.79 Å². The molecular formula is C20H24FN3O2. The van der Waals surface area contributed by atoms with E-state index in [0.717, 1.165) is 11.1 Å². The van der Waals surface area contributed by atoms with Gasteiger partial charge in [0.05, 0.1) is 0 Å². The van der Waals surface area contributed by atoms with Crippen molar-refractivity contribution in [3.05, 3.63) is 71.0 Å². The Bertz CT molecular complexity index is 760. The molecule has 138 valence electrons. The quantitative estimate of drug-likeness (QED) is 0.833. The highest BCUT2D eigenvalue weighted by Gasteiger charge is 2.12. The Morgan fingerprint density at radius 1 is 1.08 bits per heavy atom. The van der Waals surface area contributed by atoms with Gasteiger partial charge >= 0.3 is 6.03 Å². The summed E-state index contributed by atoms with van der Waals surface area (Å²) < 4.78 is 13.2. The lowest BCUT2D eigenvalue weighted by molar-refractivity contribution is 0.0785. The molecule has 5 nitrogen and oxygen atoms in total. The van der Waals surface area contributed by atoms with Gasteiger partial charge in [-0.25, -0.2) is 9.18 Å². The van der Waals surface area contributed by atoms with Gasteiger partial charge in [0.2, 0.25) is 0 Å². The molecule has 3 amide bonds. The number of halogens is 1. The van der Waals surface area contributed by atoms with Gasteiger partial charge in [-0.2, -0.15) is 0 Å². The van der Waals surface area contributed by atoms with Crippen LogP contribution in [0, 0.1) is 5.82 Å². The first-order valence-electron chi connectivity index (χ1n) is 8.48. The fourth-order valence-corrected chi connectivity index (χ4v) is 2.46. The standard InChI is InChI=1S/C20H24FN3O2/c1-14(2)23-20(26)22-12-15-7-9-17(10-8-15)19(25)24(3)13-16-5-4-6-18(21)11-16/h4-11,14H,12-13H2,1-3H3,(H2,22,23,26). The number of nitrogens with zero attached hydrogens (tertiary/aromatic N) is 1. The maximum Gasteiger partial charge on any atom is 0.315 e. The lowest BCUT2D eigenvalue weighted by Gasteiger charge is -2.17. The molecule has 0 aliphatic rings. The van der Waals surface area contributed by atoms with E-state index in [4.69, 9.17) is 0 Å². The number of urea groups is 1. The molecule has 0 heterocycles. The third-order valence-corrected chi connectivity index (χ3v) is 3.73. The van der Waals surface area contributed by atoms with E-state index in [1.54, 1.807) is 43.4 Å². The maximum absolute atomic E-state index is 13.2. The highest BCUT2D eigenvalue weighted by Crippen LogP contribution is 2.11. The van der Waals surface area contributed by atoms with Crippen molar-refractivity contribution in [1.82, 2.24) is 15.5 Å². The Morgan fingerprint density at radius 2 is 1.77 bits per heavy atom. The summed E-state index contributed by atoms with van der Waals surface area (Å²) >= 11 is 0. The Balaban J connectivity index is 1.92. The molecule has 0 aliphatic carbocycles. The van der Waals surface area contributed by atoms with Crippen LogP contribution in [0.15, 0.2) is 48.5 Å². The zero-order valence-electron chi connectivity index (χ0n) is 15.3. The number of benzene rings is 2. The minimum absolute atomic E-state index is 0.0728. The van der Waals surface area contributed by atoms with Crippen LogP contribution in [0.3, 0.4) is 0 Å². The van der Waals surface area contributed by atoms with Crippen LogP contribution in [0.4, 0.5) is 9.18 Å². The Hall–Kier alpha value is -2.89. The minimum Gasteiger partial charge on any atom is -0.337 e. The molecule has 0 saturated heterocycles. The van der Waals surface area contributed by atoms with Gasteiger partial charge in [-0.1, -0.05) is 24.3 Å². The SMILES string of the molecule is CC(C)NC(=O)NCc1ccc(C(=O)N(C)Cc2cccc(F)c2)cc1. The predicted octanol–water partition coefficient (Wildman–Crippen LogP) is 3.31. The smallest absolute Gasteiger partial charge is 0.315 e. The summed E-state index contributed by atoms with van der Waals surface area (Å²) in [7, 11) is 1.68. The molecule has 2 N–H and O–H groups in total. The molecule has 0 unspecified atom stereocenters. The summed E-state index contributed by atoms with van der Waals surface area (Å²) in [4.78, 5) is 25.6. The van der Waals surface area contributed by atoms with Crippen LogP contribution >= 0.6 is 0 Å². The zero-order chi connectivity index (χ0) is 19.1. The van der Waals surface area contributed by atoms with Crippen molar-refractivity contribution in [2.45, 2.75) is 33.0 Å². The van der Waals surface area contributed by atoms with E-state index in [-0.39, 0.29) is 23.8 Å². The fourth-order valence-electron chi connectivity index (χ4n) is 2.46. The average molecular weight is 357 g/mol. The highest BCUT2D eigenvalue weighted by molar-refractivity contribution is 5.94. The monoisotopic (exact) mass is 357 g/mol. The Labute approximate surface area is 153 Å². The van der Waals surface area contributed by atoms with Gasteiger partial charge in [-0.05, 0) is 49.2 Å². The highest BCUT2D eigenvalue weighted by atomic mass is 19.1. The summed E-state index contributed by atoms with van der Waals surface area (Å²) in [6.45, 7) is 4.49. The number of nitrogens with one attached hydrogen (secondary N) is 2. The molecule has 6 heteroatoms. The molecule has 0 saturated carbocycles. The molecular weight excluding hydrogens is 333 g/mol. The van der Waals surface area contributed by atoms with Crippen LogP contribution in [-0.4, -0.2) is 29.9 Å². The van der Waals surface area contributed by atoms with Gasteiger partial charge in [-0.15, -0.1) is 0 Å². The Kier molecular flexibility index (Phi) is 6.72. The second kappa shape index (κ2) is 8.99. The summed E-state index contributed by atoms with van der Waals surface area (Å²) in [5.41, 5.74) is 2.17. The Morgan fingerprint density at radius 3 is 2.38 bits per heavy atom. The minimum atomic E-state index is -0.318. The van der Waals surface area contributed by atoms with Crippen LogP contribution in [0.25, 0.3) is 0 Å².